The van der Waals surface area contributed by atoms with Crippen molar-refractivity contribution in [2.24, 2.45) is 34.5 Å². The van der Waals surface area contributed by atoms with Crippen molar-refractivity contribution in [3.63, 3.8) is 0 Å². The first-order valence-corrected chi connectivity index (χ1v) is 12.1. The number of hydrogen-bond acceptors (Lipinski definition) is 11. The number of nitrogens with zero attached hydrogens (tertiary/aromatic N) is 2. The largest absolute Gasteiger partial charge is 0.506 e. The minimum absolute atomic E-state index is 0.120. The minimum Gasteiger partial charge on any atom is -0.506 e. The Labute approximate surface area is 218 Å². The van der Waals surface area contributed by atoms with Crippen LogP contribution in [0.15, 0.2) is 6.07 Å². The van der Waals surface area contributed by atoms with Crippen LogP contribution >= 0.6 is 0 Å². The lowest BCUT2D eigenvalue weighted by Gasteiger charge is -2.60. The molecule has 3 aliphatic rings. The molecular weight excluding hydrogens is 494 g/mol. The maximum absolute atomic E-state index is 14.3. The smallest absolute Gasteiger partial charge is 0.235 e. The molecule has 1 aromatic carbocycles. The maximum Gasteiger partial charge on any atom is 0.235 e. The number of benzene rings is 1. The summed E-state index contributed by atoms with van der Waals surface area (Å²) in [5.74, 6) is -11.0. The normalized spacial score (nSPS) is 34.3. The molecule has 0 saturated heterocycles. The second-order valence-corrected chi connectivity index (χ2v) is 10.8. The molecule has 3 aliphatic carbocycles. The lowest BCUT2D eigenvalue weighted by atomic mass is 9.42. The number of rotatable bonds is 4. The number of nitriles is 1. The van der Waals surface area contributed by atoms with Crippen molar-refractivity contribution in [1.29, 1.82) is 5.26 Å². The average Bonchev–Trinajstić information content (AvgIpc) is 2.77. The fourth-order valence-electron chi connectivity index (χ4n) is 6.93. The first kappa shape index (κ1) is 27.3. The van der Waals surface area contributed by atoms with Gasteiger partial charge < -0.3 is 22.3 Å². The van der Waals surface area contributed by atoms with Crippen LogP contribution in [0.1, 0.15) is 52.1 Å². The number of nitrogens with two attached hydrogens (primary N) is 3. The molecule has 0 bridgehead atoms. The van der Waals surface area contributed by atoms with Gasteiger partial charge in [-0.15, -0.1) is 0 Å². The zero-order valence-corrected chi connectivity index (χ0v) is 21.5. The zero-order valence-electron chi connectivity index (χ0n) is 21.5. The summed E-state index contributed by atoms with van der Waals surface area (Å²) < 4.78 is 0. The summed E-state index contributed by atoms with van der Waals surface area (Å²) in [5.41, 5.74) is 12.6. The molecule has 1 amide bonds. The van der Waals surface area contributed by atoms with Gasteiger partial charge in [0.05, 0.1) is 28.8 Å². The van der Waals surface area contributed by atoms with Gasteiger partial charge in [0.15, 0.2) is 40.2 Å². The van der Waals surface area contributed by atoms with E-state index in [0.717, 1.165) is 0 Å². The number of carbonyl (C=O) groups excluding carboxylic acids is 6. The standard InChI is InChI=1S/C26H29N5O7/c1-5-11-6-12(10(2)32)17(33)14-13(11)7-24(29)8-26(30)20(31(3)4)19(35)15(23(28)38)21(36)25(26,9-27)22(37)16(24)18(14)34/h6,15-16,20,33H,5,7-8,29-30H2,1-4H3,(H2,28,38)/t15?,16?,20-,24-,25+,26-/m1/s1. The summed E-state index contributed by atoms with van der Waals surface area (Å²) in [6, 6.07) is 1.65. The molecule has 12 heteroatoms. The van der Waals surface area contributed by atoms with Gasteiger partial charge in [0.25, 0.3) is 0 Å². The number of Topliss-reactive ketones (excluding diaryl/α,β-unsaturated/α-hetero) is 5. The number of phenols is 1. The van der Waals surface area contributed by atoms with Gasteiger partial charge in [-0.2, -0.15) is 5.26 Å². The number of likely N-dealkylation sites (N-methyl/N-ethyl adjacent to an activating group) is 1. The van der Waals surface area contributed by atoms with Gasteiger partial charge in [-0.3, -0.25) is 33.7 Å². The van der Waals surface area contributed by atoms with Crippen molar-refractivity contribution in [1.82, 2.24) is 4.90 Å². The molecule has 0 spiro atoms. The highest BCUT2D eigenvalue weighted by Crippen LogP contribution is 2.56. The van der Waals surface area contributed by atoms with Crippen LogP contribution in [-0.4, -0.2) is 76.0 Å². The van der Waals surface area contributed by atoms with Crippen LogP contribution in [0.5, 0.6) is 5.75 Å². The molecule has 4 rings (SSSR count). The molecule has 1 aromatic rings. The molecular formula is C26H29N5O7. The van der Waals surface area contributed by atoms with Gasteiger partial charge in [-0.05, 0) is 57.5 Å². The topological polar surface area (TPSA) is 228 Å². The summed E-state index contributed by atoms with van der Waals surface area (Å²) in [5, 5.41) is 21.3. The maximum atomic E-state index is 14.3. The number of aromatic hydroxyl groups is 1. The van der Waals surface area contributed by atoms with E-state index in [4.69, 9.17) is 17.2 Å². The molecule has 6 atom stereocenters. The van der Waals surface area contributed by atoms with Gasteiger partial charge in [-0.25, -0.2) is 0 Å². The van der Waals surface area contributed by atoms with Crippen LogP contribution < -0.4 is 17.2 Å². The Morgan fingerprint density at radius 2 is 1.79 bits per heavy atom. The van der Waals surface area contributed by atoms with E-state index < -0.39 is 81.4 Å². The van der Waals surface area contributed by atoms with Crippen molar-refractivity contribution in [2.45, 2.75) is 50.2 Å². The molecule has 2 fully saturated rings. The summed E-state index contributed by atoms with van der Waals surface area (Å²) >= 11 is 0. The van der Waals surface area contributed by atoms with E-state index in [1.165, 1.54) is 32.0 Å². The molecule has 2 saturated carbocycles. The van der Waals surface area contributed by atoms with E-state index in [1.54, 1.807) is 13.0 Å². The van der Waals surface area contributed by atoms with Gasteiger partial charge >= 0.3 is 0 Å². The third kappa shape index (κ3) is 3.06. The number of hydrogen-bond donors (Lipinski definition) is 4. The SMILES string of the molecule is CCc1cc(C(C)=O)c(O)c2c1C[C@@]1(N)C[C@@]3(N)[C@H](N(C)C)C(=O)C(C(N)=O)C(=O)[C@@]3(C#N)C(=O)C1C2=O. The Hall–Kier alpha value is -3.79. The number of ketones is 5. The second-order valence-electron chi connectivity index (χ2n) is 10.8. The Morgan fingerprint density at radius 1 is 1.18 bits per heavy atom. The number of fused-ring (bicyclic) bond motifs is 3. The Kier molecular flexibility index (Phi) is 5.99. The summed E-state index contributed by atoms with van der Waals surface area (Å²) in [6.07, 6.45) is -0.292. The third-order valence-corrected chi connectivity index (χ3v) is 8.44. The number of primary amides is 1. The lowest BCUT2D eigenvalue weighted by Crippen LogP contribution is -2.85. The summed E-state index contributed by atoms with van der Waals surface area (Å²) in [6.45, 7) is 2.99. The van der Waals surface area contributed by atoms with Crippen LogP contribution in [0.25, 0.3) is 0 Å². The Morgan fingerprint density at radius 3 is 2.26 bits per heavy atom. The van der Waals surface area contributed by atoms with Crippen molar-refractivity contribution in [3.05, 3.63) is 28.3 Å². The number of aryl methyl sites for hydroxylation is 1. The predicted molar refractivity (Wildman–Crippen MR) is 131 cm³/mol. The fraction of sp³-hybridized carbons (Fsp3) is 0.500. The van der Waals surface area contributed by atoms with Gasteiger partial charge in [0.1, 0.15) is 11.7 Å². The number of carbonyl (C=O) groups is 6. The molecule has 2 unspecified atom stereocenters. The molecule has 7 N–H and O–H groups in total. The van der Waals surface area contributed by atoms with Gasteiger partial charge in [0.2, 0.25) is 5.91 Å². The van der Waals surface area contributed by atoms with Crippen LogP contribution in [0, 0.1) is 28.6 Å². The quantitative estimate of drug-likeness (QED) is 0.264. The molecule has 0 aromatic heterocycles. The highest BCUT2D eigenvalue weighted by atomic mass is 16.3. The predicted octanol–water partition coefficient (Wildman–Crippen LogP) is -1.43. The number of phenolic OH excluding ortho intramolecular Hbond substituents is 1. The minimum atomic E-state index is -2.81. The molecule has 12 nitrogen and oxygen atoms in total. The zero-order chi connectivity index (χ0) is 28.7. The molecule has 200 valence electrons. The molecule has 0 heterocycles. The van der Waals surface area contributed by atoms with Crippen LogP contribution in [0.3, 0.4) is 0 Å². The van der Waals surface area contributed by atoms with Gasteiger partial charge in [-0.1, -0.05) is 6.92 Å². The van der Waals surface area contributed by atoms with Gasteiger partial charge in [0, 0.05) is 5.54 Å². The van der Waals surface area contributed by atoms with Crippen LogP contribution in [-0.2, 0) is 32.0 Å². The number of amides is 1. The lowest BCUT2D eigenvalue weighted by molar-refractivity contribution is -0.166. The third-order valence-electron chi connectivity index (χ3n) is 8.44. The highest BCUT2D eigenvalue weighted by Gasteiger charge is 2.78. The van der Waals surface area contributed by atoms with E-state index in [2.05, 4.69) is 0 Å². The van der Waals surface area contributed by atoms with Crippen molar-refractivity contribution in [3.8, 4) is 11.8 Å². The monoisotopic (exact) mass is 523 g/mol. The van der Waals surface area contributed by atoms with E-state index in [9.17, 15) is 39.1 Å². The van der Waals surface area contributed by atoms with Crippen LogP contribution in [0.4, 0.5) is 0 Å². The first-order valence-electron chi connectivity index (χ1n) is 12.1. The van der Waals surface area contributed by atoms with E-state index in [-0.39, 0.29) is 17.5 Å². The summed E-state index contributed by atoms with van der Waals surface area (Å²) in [4.78, 5) is 81.0. The average molecular weight is 524 g/mol. The van der Waals surface area contributed by atoms with Crippen molar-refractivity contribution in [2.75, 3.05) is 14.1 Å². The van der Waals surface area contributed by atoms with E-state index >= 15 is 0 Å². The van der Waals surface area contributed by atoms with Crippen molar-refractivity contribution < 1.29 is 33.9 Å². The van der Waals surface area contributed by atoms with E-state index in [0.29, 0.717) is 17.5 Å². The van der Waals surface area contributed by atoms with Crippen LogP contribution in [0.2, 0.25) is 0 Å². The highest BCUT2D eigenvalue weighted by molar-refractivity contribution is 6.33. The van der Waals surface area contributed by atoms with Crippen molar-refractivity contribution >= 4 is 34.8 Å². The first-order chi connectivity index (χ1) is 17.6. The second kappa shape index (κ2) is 8.36. The molecule has 0 aliphatic heterocycles. The Bertz CT molecular complexity index is 1410. The summed E-state index contributed by atoms with van der Waals surface area (Å²) in [7, 11) is 2.87. The fourth-order valence-corrected chi connectivity index (χ4v) is 6.93. The molecule has 0 radical (unpaired) electrons. The molecule has 38 heavy (non-hydrogen) atoms. The van der Waals surface area contributed by atoms with E-state index in [1.807, 2.05) is 0 Å². The Balaban J connectivity index is 2.06.